The molecule has 0 aliphatic carbocycles. The number of aryl methyl sites for hydroxylation is 1. The standard InChI is InChI=1S/C19H31NO.C9H19NO/c1-2-3-4-5-8-17-9-11-18(12-10-17)15-19(21)16-20-13-6-7-14-20;1-9(10)7-5-3-2-4-6-8-11/h9-12,19,21H,2-8,13-16H2,1H3;11H,1-8,10H2. The second-order valence-corrected chi connectivity index (χ2v) is 9.39. The molecule has 0 radical (unpaired) electrons. The first-order valence-corrected chi connectivity index (χ1v) is 13.1. The number of hydrogen-bond donors (Lipinski definition) is 3. The Hall–Kier alpha value is -1.36. The first-order valence-electron chi connectivity index (χ1n) is 13.1. The number of aliphatic hydroxyl groups excluding tert-OH is 2. The molecule has 1 aromatic carbocycles. The van der Waals surface area contributed by atoms with E-state index in [1.807, 2.05) is 0 Å². The van der Waals surface area contributed by atoms with Crippen molar-refractivity contribution in [1.82, 2.24) is 4.90 Å². The van der Waals surface area contributed by atoms with E-state index in [1.165, 1.54) is 68.9 Å². The van der Waals surface area contributed by atoms with Gasteiger partial charge in [0.05, 0.1) is 6.10 Å². The molecule has 1 fully saturated rings. The maximum atomic E-state index is 10.2. The van der Waals surface area contributed by atoms with Crippen molar-refractivity contribution in [3.05, 3.63) is 47.7 Å². The van der Waals surface area contributed by atoms with Crippen molar-refractivity contribution in [3.63, 3.8) is 0 Å². The number of nitrogens with zero attached hydrogens (tertiary/aromatic N) is 1. The fourth-order valence-corrected chi connectivity index (χ4v) is 4.19. The topological polar surface area (TPSA) is 69.7 Å². The van der Waals surface area contributed by atoms with Gasteiger partial charge in [0.25, 0.3) is 0 Å². The minimum Gasteiger partial charge on any atom is -0.403 e. The van der Waals surface area contributed by atoms with Gasteiger partial charge < -0.3 is 20.8 Å². The molecule has 32 heavy (non-hydrogen) atoms. The highest BCUT2D eigenvalue weighted by atomic mass is 16.3. The summed E-state index contributed by atoms with van der Waals surface area (Å²) in [6.45, 7) is 9.36. The van der Waals surface area contributed by atoms with Crippen LogP contribution in [0.1, 0.15) is 95.1 Å². The Morgan fingerprint density at radius 1 is 0.938 bits per heavy atom. The van der Waals surface area contributed by atoms with Crippen LogP contribution in [0.5, 0.6) is 0 Å². The van der Waals surface area contributed by atoms with E-state index in [1.54, 1.807) is 0 Å². The summed E-state index contributed by atoms with van der Waals surface area (Å²) in [4.78, 5) is 2.38. The summed E-state index contributed by atoms with van der Waals surface area (Å²) in [6.07, 6.45) is 16.2. The van der Waals surface area contributed by atoms with Crippen molar-refractivity contribution >= 4 is 0 Å². The van der Waals surface area contributed by atoms with Crippen LogP contribution in [0.3, 0.4) is 0 Å². The molecule has 4 heteroatoms. The Morgan fingerprint density at radius 2 is 1.53 bits per heavy atom. The molecule has 2 rings (SSSR count). The van der Waals surface area contributed by atoms with Crippen LogP contribution in [-0.4, -0.2) is 47.5 Å². The number of unbranched alkanes of at least 4 members (excludes halogenated alkanes) is 7. The highest BCUT2D eigenvalue weighted by molar-refractivity contribution is 5.23. The number of rotatable bonds is 16. The Bertz CT molecular complexity index is 567. The van der Waals surface area contributed by atoms with Crippen LogP contribution >= 0.6 is 0 Å². The molecule has 0 aromatic heterocycles. The van der Waals surface area contributed by atoms with Gasteiger partial charge in [0, 0.05) is 18.8 Å². The molecule has 0 amide bonds. The van der Waals surface area contributed by atoms with E-state index in [9.17, 15) is 5.11 Å². The van der Waals surface area contributed by atoms with E-state index in [2.05, 4.69) is 42.7 Å². The van der Waals surface area contributed by atoms with E-state index >= 15 is 0 Å². The Labute approximate surface area is 197 Å². The van der Waals surface area contributed by atoms with Gasteiger partial charge in [0.2, 0.25) is 0 Å². The average Bonchev–Trinajstić information content (AvgIpc) is 3.28. The molecule has 4 nitrogen and oxygen atoms in total. The second-order valence-electron chi connectivity index (χ2n) is 9.39. The number of hydrogen-bond acceptors (Lipinski definition) is 4. The second kappa shape index (κ2) is 19.1. The number of nitrogens with two attached hydrogens (primary N) is 1. The van der Waals surface area contributed by atoms with Gasteiger partial charge in [-0.3, -0.25) is 0 Å². The van der Waals surface area contributed by atoms with Crippen LogP contribution < -0.4 is 5.73 Å². The average molecular weight is 447 g/mol. The molecule has 0 bridgehead atoms. The van der Waals surface area contributed by atoms with Crippen molar-refractivity contribution in [2.45, 2.75) is 103 Å². The molecule has 0 saturated carbocycles. The summed E-state index contributed by atoms with van der Waals surface area (Å²) in [6, 6.07) is 8.87. The maximum absolute atomic E-state index is 10.2. The predicted octanol–water partition coefficient (Wildman–Crippen LogP) is 5.60. The third-order valence-electron chi connectivity index (χ3n) is 6.14. The third-order valence-corrected chi connectivity index (χ3v) is 6.14. The molecule has 1 aliphatic rings. The van der Waals surface area contributed by atoms with Crippen LogP contribution in [0.2, 0.25) is 0 Å². The van der Waals surface area contributed by atoms with Crippen molar-refractivity contribution in [2.75, 3.05) is 26.2 Å². The van der Waals surface area contributed by atoms with Gasteiger partial charge >= 0.3 is 0 Å². The Kier molecular flexibility index (Phi) is 17.2. The van der Waals surface area contributed by atoms with E-state index < -0.39 is 0 Å². The van der Waals surface area contributed by atoms with Crippen molar-refractivity contribution in [2.24, 2.45) is 5.73 Å². The molecule has 1 saturated heterocycles. The number of aliphatic hydroxyl groups is 2. The lowest BCUT2D eigenvalue weighted by Crippen LogP contribution is -2.31. The molecule has 1 aromatic rings. The van der Waals surface area contributed by atoms with E-state index in [0.29, 0.717) is 6.61 Å². The quantitative estimate of drug-likeness (QED) is 0.289. The highest BCUT2D eigenvalue weighted by Crippen LogP contribution is 2.13. The number of allylic oxidation sites excluding steroid dienone is 1. The molecule has 0 spiro atoms. The summed E-state index contributed by atoms with van der Waals surface area (Å²) < 4.78 is 0. The minimum atomic E-state index is -0.224. The third kappa shape index (κ3) is 15.4. The fourth-order valence-electron chi connectivity index (χ4n) is 4.19. The van der Waals surface area contributed by atoms with E-state index in [4.69, 9.17) is 10.8 Å². The number of benzene rings is 1. The number of likely N-dealkylation sites (tertiary alicyclic amines) is 1. The van der Waals surface area contributed by atoms with Gasteiger partial charge in [-0.25, -0.2) is 0 Å². The van der Waals surface area contributed by atoms with Crippen LogP contribution in [0, 0.1) is 0 Å². The zero-order valence-electron chi connectivity index (χ0n) is 20.7. The van der Waals surface area contributed by atoms with Gasteiger partial charge in [-0.15, -0.1) is 0 Å². The molecule has 1 aliphatic heterocycles. The lowest BCUT2D eigenvalue weighted by Gasteiger charge is -2.19. The summed E-state index contributed by atoms with van der Waals surface area (Å²) in [5.41, 5.74) is 8.88. The van der Waals surface area contributed by atoms with Crippen molar-refractivity contribution in [1.29, 1.82) is 0 Å². The van der Waals surface area contributed by atoms with Gasteiger partial charge in [0.15, 0.2) is 0 Å². The monoisotopic (exact) mass is 446 g/mol. The molecule has 1 atom stereocenters. The molecular weight excluding hydrogens is 396 g/mol. The SMILES string of the molecule is C=C(N)CCCCCCCO.CCCCCCc1ccc(CC(O)CN2CCCC2)cc1. The van der Waals surface area contributed by atoms with Gasteiger partial charge in [-0.2, -0.15) is 0 Å². The highest BCUT2D eigenvalue weighted by Gasteiger charge is 2.15. The van der Waals surface area contributed by atoms with Crippen LogP contribution in [0.15, 0.2) is 36.5 Å². The van der Waals surface area contributed by atoms with E-state index in [-0.39, 0.29) is 6.10 Å². The largest absolute Gasteiger partial charge is 0.403 e. The van der Waals surface area contributed by atoms with Crippen LogP contribution in [-0.2, 0) is 12.8 Å². The lowest BCUT2D eigenvalue weighted by atomic mass is 10.0. The zero-order valence-corrected chi connectivity index (χ0v) is 20.7. The first kappa shape index (κ1) is 28.7. The smallest absolute Gasteiger partial charge is 0.0707 e. The lowest BCUT2D eigenvalue weighted by molar-refractivity contribution is 0.125. The van der Waals surface area contributed by atoms with Gasteiger partial charge in [-0.1, -0.05) is 76.3 Å². The minimum absolute atomic E-state index is 0.224. The van der Waals surface area contributed by atoms with Crippen LogP contribution in [0.4, 0.5) is 0 Å². The van der Waals surface area contributed by atoms with Crippen molar-refractivity contribution < 1.29 is 10.2 Å². The molecule has 1 unspecified atom stereocenters. The zero-order chi connectivity index (χ0) is 23.4. The number of β-amino-alcohol motifs (C(OH)–C–C–N with tert-alkyl or cyclic N) is 1. The fraction of sp³-hybridized carbons (Fsp3) is 0.714. The molecule has 1 heterocycles. The summed E-state index contributed by atoms with van der Waals surface area (Å²) in [5, 5.41) is 18.7. The first-order chi connectivity index (χ1) is 15.5. The van der Waals surface area contributed by atoms with Crippen molar-refractivity contribution in [3.8, 4) is 0 Å². The normalized spacial score (nSPS) is 14.7. The molecule has 4 N–H and O–H groups in total. The van der Waals surface area contributed by atoms with E-state index in [0.717, 1.165) is 57.4 Å². The van der Waals surface area contributed by atoms with Gasteiger partial charge in [-0.05, 0) is 75.6 Å². The molecule has 184 valence electrons. The predicted molar refractivity (Wildman–Crippen MR) is 138 cm³/mol. The summed E-state index contributed by atoms with van der Waals surface area (Å²) in [5.74, 6) is 0. The Balaban J connectivity index is 0.000000396. The summed E-state index contributed by atoms with van der Waals surface area (Å²) >= 11 is 0. The maximum Gasteiger partial charge on any atom is 0.0707 e. The van der Waals surface area contributed by atoms with Crippen LogP contribution in [0.25, 0.3) is 0 Å². The Morgan fingerprint density at radius 3 is 2.16 bits per heavy atom. The van der Waals surface area contributed by atoms with Gasteiger partial charge in [0.1, 0.15) is 0 Å². The summed E-state index contributed by atoms with van der Waals surface area (Å²) in [7, 11) is 0. The molecular formula is C28H50N2O2.